The molecular weight excluding hydrogens is 410 g/mol. The molecule has 7 heteroatoms. The van der Waals surface area contributed by atoms with Crippen molar-refractivity contribution in [1.29, 1.82) is 0 Å². The molecule has 2 aliphatic heterocycles. The summed E-state index contributed by atoms with van der Waals surface area (Å²) in [6, 6.07) is 4.70. The zero-order valence-electron chi connectivity index (χ0n) is 19.2. The Hall–Kier alpha value is -2.09. The molecular formula is C25H33NO6. The molecule has 2 heterocycles. The van der Waals surface area contributed by atoms with Crippen molar-refractivity contribution in [3.63, 3.8) is 0 Å². The van der Waals surface area contributed by atoms with Crippen LogP contribution >= 0.6 is 0 Å². The Kier molecular flexibility index (Phi) is 5.90. The topological polar surface area (TPSA) is 66.5 Å². The van der Waals surface area contributed by atoms with E-state index in [1.165, 1.54) is 18.2 Å². The average Bonchev–Trinajstić information content (AvgIpc) is 3.16. The van der Waals surface area contributed by atoms with Crippen LogP contribution < -0.4 is 9.47 Å². The highest BCUT2D eigenvalue weighted by Gasteiger charge is 2.64. The van der Waals surface area contributed by atoms with E-state index in [4.69, 9.17) is 23.7 Å². The first-order valence-electron chi connectivity index (χ1n) is 11.6. The number of rotatable bonds is 9. The van der Waals surface area contributed by atoms with Gasteiger partial charge >= 0.3 is 5.97 Å². The molecule has 0 N–H and O–H groups in total. The normalized spacial score (nSPS) is 31.7. The molecule has 1 spiro atoms. The van der Waals surface area contributed by atoms with Gasteiger partial charge in [0, 0.05) is 43.1 Å². The number of likely N-dealkylation sites (N-methyl/N-ethyl adjacent to an activating group) is 1. The third kappa shape index (κ3) is 3.33. The Morgan fingerprint density at radius 2 is 2.12 bits per heavy atom. The third-order valence-electron chi connectivity index (χ3n) is 7.76. The zero-order valence-corrected chi connectivity index (χ0v) is 19.2. The minimum Gasteiger partial charge on any atom is -0.482 e. The van der Waals surface area contributed by atoms with Crippen molar-refractivity contribution in [2.24, 2.45) is 5.92 Å². The summed E-state index contributed by atoms with van der Waals surface area (Å²) in [6.07, 6.45) is 8.44. The lowest BCUT2D eigenvalue weighted by Gasteiger charge is -2.56. The van der Waals surface area contributed by atoms with E-state index in [-0.39, 0.29) is 30.4 Å². The molecule has 4 aliphatic rings. The summed E-state index contributed by atoms with van der Waals surface area (Å²) >= 11 is 0. The SMILES string of the molecule is COCOc1ccc2c3c1OC1C(OCCCCC(=O)OC)C=C[C@H]4[C@@H](C2)N(C)CC[C@]314. The number of carbonyl (C=O) groups is 1. The quantitative estimate of drug-likeness (QED) is 0.252. The lowest BCUT2D eigenvalue weighted by molar-refractivity contribution is -0.140. The van der Waals surface area contributed by atoms with Crippen molar-refractivity contribution in [3.8, 4) is 11.5 Å². The van der Waals surface area contributed by atoms with Crippen molar-refractivity contribution < 1.29 is 28.5 Å². The Labute approximate surface area is 189 Å². The van der Waals surface area contributed by atoms with Crippen LogP contribution in [0.15, 0.2) is 24.3 Å². The number of piperidine rings is 1. The highest BCUT2D eigenvalue weighted by Crippen LogP contribution is 2.62. The van der Waals surface area contributed by atoms with Gasteiger partial charge in [-0.05, 0) is 50.9 Å². The highest BCUT2D eigenvalue weighted by atomic mass is 16.7. The van der Waals surface area contributed by atoms with Crippen LogP contribution in [-0.4, -0.2) is 70.3 Å². The van der Waals surface area contributed by atoms with Gasteiger partial charge in [-0.15, -0.1) is 0 Å². The maximum Gasteiger partial charge on any atom is 0.305 e. The van der Waals surface area contributed by atoms with Crippen molar-refractivity contribution in [2.75, 3.05) is 41.2 Å². The molecule has 1 aromatic rings. The molecule has 1 saturated heterocycles. The summed E-state index contributed by atoms with van der Waals surface area (Å²) in [4.78, 5) is 13.9. The fraction of sp³-hybridized carbons (Fsp3) is 0.640. The molecule has 0 saturated carbocycles. The number of nitrogens with zero attached hydrogens (tertiary/aromatic N) is 1. The molecule has 0 amide bonds. The van der Waals surface area contributed by atoms with Gasteiger partial charge in [-0.25, -0.2) is 0 Å². The molecule has 2 aliphatic carbocycles. The van der Waals surface area contributed by atoms with Gasteiger partial charge in [0.1, 0.15) is 12.2 Å². The Morgan fingerprint density at radius 3 is 2.94 bits per heavy atom. The van der Waals surface area contributed by atoms with Crippen molar-refractivity contribution in [3.05, 3.63) is 35.4 Å². The first-order chi connectivity index (χ1) is 15.6. The maximum atomic E-state index is 11.4. The van der Waals surface area contributed by atoms with Crippen LogP contribution in [0.1, 0.15) is 36.8 Å². The van der Waals surface area contributed by atoms with E-state index in [0.29, 0.717) is 25.0 Å². The lowest BCUT2D eigenvalue weighted by atomic mass is 9.53. The van der Waals surface area contributed by atoms with Crippen LogP contribution in [0.25, 0.3) is 0 Å². The summed E-state index contributed by atoms with van der Waals surface area (Å²) < 4.78 is 28.8. The van der Waals surface area contributed by atoms with E-state index in [1.807, 2.05) is 6.07 Å². The lowest BCUT2D eigenvalue weighted by Crippen LogP contribution is -2.65. The molecule has 5 rings (SSSR count). The summed E-state index contributed by atoms with van der Waals surface area (Å²) in [7, 11) is 5.29. The number of methoxy groups -OCH3 is 2. The fourth-order valence-corrected chi connectivity index (χ4v) is 6.28. The first-order valence-corrected chi connectivity index (χ1v) is 11.6. The second kappa shape index (κ2) is 8.69. The highest BCUT2D eigenvalue weighted by molar-refractivity contribution is 5.69. The van der Waals surface area contributed by atoms with Crippen LogP contribution in [0.2, 0.25) is 0 Å². The van der Waals surface area contributed by atoms with Gasteiger partial charge in [0.2, 0.25) is 0 Å². The van der Waals surface area contributed by atoms with Crippen LogP contribution in [0, 0.1) is 5.92 Å². The smallest absolute Gasteiger partial charge is 0.305 e. The van der Waals surface area contributed by atoms with Crippen LogP contribution in [-0.2, 0) is 30.8 Å². The van der Waals surface area contributed by atoms with Gasteiger partial charge in [0.05, 0.1) is 7.11 Å². The van der Waals surface area contributed by atoms with E-state index >= 15 is 0 Å². The van der Waals surface area contributed by atoms with Gasteiger partial charge < -0.3 is 28.6 Å². The number of ether oxygens (including phenoxy) is 5. The van der Waals surface area contributed by atoms with E-state index in [9.17, 15) is 4.79 Å². The minimum absolute atomic E-state index is 0.0735. The number of hydrogen-bond acceptors (Lipinski definition) is 7. The molecule has 0 radical (unpaired) electrons. The van der Waals surface area contributed by atoms with E-state index in [0.717, 1.165) is 43.7 Å². The largest absolute Gasteiger partial charge is 0.482 e. The summed E-state index contributed by atoms with van der Waals surface area (Å²) in [6.45, 7) is 1.83. The molecule has 2 unspecified atom stereocenters. The molecule has 1 fully saturated rings. The van der Waals surface area contributed by atoms with Crippen molar-refractivity contribution >= 4 is 5.97 Å². The van der Waals surface area contributed by atoms with E-state index in [1.54, 1.807) is 7.11 Å². The van der Waals surface area contributed by atoms with Gasteiger partial charge in [-0.1, -0.05) is 18.2 Å². The molecule has 7 nitrogen and oxygen atoms in total. The molecule has 5 atom stereocenters. The summed E-state index contributed by atoms with van der Waals surface area (Å²) in [5.74, 6) is 1.86. The molecule has 174 valence electrons. The number of carbonyl (C=O) groups excluding carboxylic acids is 1. The first kappa shape index (κ1) is 21.7. The standard InChI is InChI=1S/C25H33NO6/c1-26-12-11-25-17-8-10-20(30-13-5-4-6-21(27)29-3)24(25)32-23-19(31-15-28-2)9-7-16(22(23)25)14-18(17)26/h7-10,17-18,20,24H,4-6,11-15H2,1-3H3/t17-,18+,20?,24?,25-/m0/s1. The Bertz CT molecular complexity index is 901. The number of likely N-dealkylation sites (tertiary alicyclic amines) is 1. The minimum atomic E-state index is -0.172. The number of unbranched alkanes of at least 4 members (excludes halogenated alkanes) is 1. The van der Waals surface area contributed by atoms with Crippen LogP contribution in [0.3, 0.4) is 0 Å². The Balaban J connectivity index is 1.42. The molecule has 1 aromatic carbocycles. The predicted octanol–water partition coefficient (Wildman–Crippen LogP) is 2.84. The third-order valence-corrected chi connectivity index (χ3v) is 7.76. The van der Waals surface area contributed by atoms with E-state index < -0.39 is 0 Å². The van der Waals surface area contributed by atoms with Crippen LogP contribution in [0.5, 0.6) is 11.5 Å². The molecule has 0 aromatic heterocycles. The van der Waals surface area contributed by atoms with Crippen LogP contribution in [0.4, 0.5) is 0 Å². The second-order valence-electron chi connectivity index (χ2n) is 9.34. The number of hydrogen-bond donors (Lipinski definition) is 0. The fourth-order valence-electron chi connectivity index (χ4n) is 6.28. The monoisotopic (exact) mass is 443 g/mol. The molecule has 2 bridgehead atoms. The number of esters is 1. The Morgan fingerprint density at radius 1 is 1.25 bits per heavy atom. The van der Waals surface area contributed by atoms with Gasteiger partial charge in [-0.3, -0.25) is 4.79 Å². The predicted molar refractivity (Wildman–Crippen MR) is 118 cm³/mol. The zero-order chi connectivity index (χ0) is 22.3. The maximum absolute atomic E-state index is 11.4. The van der Waals surface area contributed by atoms with Gasteiger partial charge in [-0.2, -0.15) is 0 Å². The number of benzene rings is 1. The second-order valence-corrected chi connectivity index (χ2v) is 9.34. The van der Waals surface area contributed by atoms with E-state index in [2.05, 4.69) is 30.2 Å². The van der Waals surface area contributed by atoms with Gasteiger partial charge in [0.25, 0.3) is 0 Å². The van der Waals surface area contributed by atoms with Crippen molar-refractivity contribution in [2.45, 2.75) is 55.8 Å². The van der Waals surface area contributed by atoms with Crippen molar-refractivity contribution in [1.82, 2.24) is 4.90 Å². The molecule has 32 heavy (non-hydrogen) atoms. The summed E-state index contributed by atoms with van der Waals surface area (Å²) in [5.41, 5.74) is 2.61. The van der Waals surface area contributed by atoms with Gasteiger partial charge in [0.15, 0.2) is 18.3 Å². The average molecular weight is 444 g/mol. The summed E-state index contributed by atoms with van der Waals surface area (Å²) in [5, 5.41) is 0.